The van der Waals surface area contributed by atoms with Gasteiger partial charge in [0.1, 0.15) is 5.75 Å². The smallest absolute Gasteiger partial charge is 0.123 e. The molecule has 1 nitrogen and oxygen atoms in total. The third-order valence-corrected chi connectivity index (χ3v) is 4.83. The van der Waals surface area contributed by atoms with Crippen LogP contribution >= 0.6 is 11.6 Å². The molecule has 2 rings (SSSR count). The van der Waals surface area contributed by atoms with Crippen molar-refractivity contribution < 1.29 is 4.74 Å². The Balaban J connectivity index is 2.17. The van der Waals surface area contributed by atoms with Crippen LogP contribution in [0.2, 0.25) is 0 Å². The van der Waals surface area contributed by atoms with E-state index in [2.05, 4.69) is 32.0 Å². The summed E-state index contributed by atoms with van der Waals surface area (Å²) in [5, 5.41) is 0.0916. The van der Waals surface area contributed by atoms with E-state index >= 15 is 0 Å². The molecule has 1 aliphatic rings. The average molecular weight is 281 g/mol. The van der Waals surface area contributed by atoms with E-state index in [4.69, 9.17) is 16.3 Å². The topological polar surface area (TPSA) is 9.23 Å². The fraction of sp³-hybridized carbons (Fsp3) is 0.647. The van der Waals surface area contributed by atoms with Gasteiger partial charge in [0.25, 0.3) is 0 Å². The summed E-state index contributed by atoms with van der Waals surface area (Å²) in [5.41, 5.74) is 2.44. The van der Waals surface area contributed by atoms with Crippen LogP contribution in [0.4, 0.5) is 0 Å². The number of halogens is 1. The zero-order chi connectivity index (χ0) is 13.8. The highest BCUT2D eigenvalue weighted by Crippen LogP contribution is 2.43. The molecule has 2 heteroatoms. The molecule has 0 aromatic heterocycles. The molecule has 0 radical (unpaired) electrons. The third-order valence-electron chi connectivity index (χ3n) is 4.24. The molecular weight excluding hydrogens is 256 g/mol. The van der Waals surface area contributed by atoms with Gasteiger partial charge in [0.05, 0.1) is 12.0 Å². The molecule has 1 fully saturated rings. The Bertz CT molecular complexity index is 408. The van der Waals surface area contributed by atoms with Crippen molar-refractivity contribution in [1.82, 2.24) is 0 Å². The van der Waals surface area contributed by atoms with Crippen LogP contribution in [0, 0.1) is 18.8 Å². The molecule has 0 heterocycles. The molecule has 0 N–H and O–H groups in total. The number of aryl methyl sites for hydroxylation is 1. The SMILES string of the molecule is CCOc1ccc(C)cc1C(Cl)C1CCC(C)CC1. The van der Waals surface area contributed by atoms with Gasteiger partial charge >= 0.3 is 0 Å². The second kappa shape index (κ2) is 6.65. The summed E-state index contributed by atoms with van der Waals surface area (Å²) in [6.07, 6.45) is 5.11. The Morgan fingerprint density at radius 3 is 2.58 bits per heavy atom. The fourth-order valence-electron chi connectivity index (χ4n) is 3.00. The first kappa shape index (κ1) is 14.7. The zero-order valence-electron chi connectivity index (χ0n) is 12.3. The normalized spacial score (nSPS) is 25.1. The predicted octanol–water partition coefficient (Wildman–Crippen LogP) is 5.50. The second-order valence-corrected chi connectivity index (χ2v) is 6.37. The van der Waals surface area contributed by atoms with Gasteiger partial charge in [0.15, 0.2) is 0 Å². The zero-order valence-corrected chi connectivity index (χ0v) is 13.0. The summed E-state index contributed by atoms with van der Waals surface area (Å²) in [5.74, 6) is 2.43. The molecule has 19 heavy (non-hydrogen) atoms. The van der Waals surface area contributed by atoms with Gasteiger partial charge in [0.2, 0.25) is 0 Å². The lowest BCUT2D eigenvalue weighted by Gasteiger charge is -2.30. The average Bonchev–Trinajstić information content (AvgIpc) is 2.41. The number of rotatable bonds is 4. The maximum atomic E-state index is 6.77. The van der Waals surface area contributed by atoms with Crippen molar-refractivity contribution in [3.05, 3.63) is 29.3 Å². The Labute approximate surface area is 122 Å². The van der Waals surface area contributed by atoms with E-state index < -0.39 is 0 Å². The largest absolute Gasteiger partial charge is 0.494 e. The van der Waals surface area contributed by atoms with Gasteiger partial charge in [-0.05, 0) is 44.6 Å². The highest BCUT2D eigenvalue weighted by atomic mass is 35.5. The Hall–Kier alpha value is -0.690. The van der Waals surface area contributed by atoms with E-state index in [1.807, 2.05) is 6.92 Å². The summed E-state index contributed by atoms with van der Waals surface area (Å²) in [7, 11) is 0. The predicted molar refractivity (Wildman–Crippen MR) is 82.1 cm³/mol. The summed E-state index contributed by atoms with van der Waals surface area (Å²) in [6, 6.07) is 6.36. The first-order valence-electron chi connectivity index (χ1n) is 7.49. The monoisotopic (exact) mass is 280 g/mol. The van der Waals surface area contributed by atoms with Gasteiger partial charge in [0, 0.05) is 5.56 Å². The van der Waals surface area contributed by atoms with E-state index in [0.29, 0.717) is 12.5 Å². The minimum absolute atomic E-state index is 0.0916. The molecule has 0 aliphatic heterocycles. The van der Waals surface area contributed by atoms with Gasteiger partial charge in [-0.1, -0.05) is 37.5 Å². The van der Waals surface area contributed by atoms with Crippen molar-refractivity contribution in [3.63, 3.8) is 0 Å². The fourth-order valence-corrected chi connectivity index (χ4v) is 3.43. The number of hydrogen-bond donors (Lipinski definition) is 0. The maximum Gasteiger partial charge on any atom is 0.123 e. The summed E-state index contributed by atoms with van der Waals surface area (Å²) in [6.45, 7) is 7.18. The summed E-state index contributed by atoms with van der Waals surface area (Å²) >= 11 is 6.77. The second-order valence-electron chi connectivity index (χ2n) is 5.90. The van der Waals surface area contributed by atoms with Crippen molar-refractivity contribution in [3.8, 4) is 5.75 Å². The van der Waals surface area contributed by atoms with Crippen LogP contribution in [-0.4, -0.2) is 6.61 Å². The van der Waals surface area contributed by atoms with Gasteiger partial charge in [-0.15, -0.1) is 11.6 Å². The van der Waals surface area contributed by atoms with Crippen LogP contribution in [0.3, 0.4) is 0 Å². The molecular formula is C17H25ClO. The van der Waals surface area contributed by atoms with Crippen LogP contribution in [0.25, 0.3) is 0 Å². The molecule has 1 aromatic carbocycles. The van der Waals surface area contributed by atoms with Gasteiger partial charge in [-0.2, -0.15) is 0 Å². The lowest BCUT2D eigenvalue weighted by molar-refractivity contribution is 0.277. The molecule has 0 spiro atoms. The van der Waals surface area contributed by atoms with E-state index in [9.17, 15) is 0 Å². The minimum atomic E-state index is 0.0916. The maximum absolute atomic E-state index is 6.77. The first-order valence-corrected chi connectivity index (χ1v) is 7.92. The van der Waals surface area contributed by atoms with Gasteiger partial charge in [-0.25, -0.2) is 0 Å². The lowest BCUT2D eigenvalue weighted by Crippen LogP contribution is -2.17. The summed E-state index contributed by atoms with van der Waals surface area (Å²) < 4.78 is 5.74. The van der Waals surface area contributed by atoms with Crippen molar-refractivity contribution in [2.75, 3.05) is 6.61 Å². The van der Waals surface area contributed by atoms with E-state index in [-0.39, 0.29) is 5.38 Å². The quantitative estimate of drug-likeness (QED) is 0.662. The number of alkyl halides is 1. The van der Waals surface area contributed by atoms with E-state index in [0.717, 1.165) is 11.7 Å². The minimum Gasteiger partial charge on any atom is -0.494 e. The molecule has 0 amide bonds. The van der Waals surface area contributed by atoms with E-state index in [1.54, 1.807) is 0 Å². The molecule has 0 bridgehead atoms. The molecule has 106 valence electrons. The summed E-state index contributed by atoms with van der Waals surface area (Å²) in [4.78, 5) is 0. The van der Waals surface area contributed by atoms with Gasteiger partial charge < -0.3 is 4.74 Å². The van der Waals surface area contributed by atoms with Crippen LogP contribution < -0.4 is 4.74 Å². The van der Waals surface area contributed by atoms with Crippen LogP contribution in [0.5, 0.6) is 5.75 Å². The number of hydrogen-bond acceptors (Lipinski definition) is 1. The molecule has 1 aromatic rings. The van der Waals surface area contributed by atoms with Crippen molar-refractivity contribution in [1.29, 1.82) is 0 Å². The Kier molecular flexibility index (Phi) is 5.15. The Morgan fingerprint density at radius 1 is 1.26 bits per heavy atom. The van der Waals surface area contributed by atoms with Crippen LogP contribution in [-0.2, 0) is 0 Å². The first-order chi connectivity index (χ1) is 9.11. The van der Waals surface area contributed by atoms with Crippen molar-refractivity contribution in [2.24, 2.45) is 11.8 Å². The molecule has 1 atom stereocenters. The third kappa shape index (κ3) is 3.66. The van der Waals surface area contributed by atoms with E-state index in [1.165, 1.54) is 36.8 Å². The number of ether oxygens (including phenoxy) is 1. The molecule has 1 saturated carbocycles. The van der Waals surface area contributed by atoms with Crippen LogP contribution in [0.1, 0.15) is 56.0 Å². The molecule has 0 saturated heterocycles. The lowest BCUT2D eigenvalue weighted by atomic mass is 9.79. The number of benzene rings is 1. The van der Waals surface area contributed by atoms with Crippen molar-refractivity contribution in [2.45, 2.75) is 51.8 Å². The standard InChI is InChI=1S/C17H25ClO/c1-4-19-16-10-7-13(3)11-15(16)17(18)14-8-5-12(2)6-9-14/h7,10-12,14,17H,4-6,8-9H2,1-3H3. The Morgan fingerprint density at radius 2 is 1.95 bits per heavy atom. The van der Waals surface area contributed by atoms with Crippen molar-refractivity contribution >= 4 is 11.6 Å². The highest BCUT2D eigenvalue weighted by Gasteiger charge is 2.27. The molecule has 1 unspecified atom stereocenters. The molecule has 1 aliphatic carbocycles. The van der Waals surface area contributed by atoms with Crippen LogP contribution in [0.15, 0.2) is 18.2 Å². The highest BCUT2D eigenvalue weighted by molar-refractivity contribution is 6.21. The van der Waals surface area contributed by atoms with Gasteiger partial charge in [-0.3, -0.25) is 0 Å².